The molecule has 2 rings (SSSR count). The van der Waals surface area contributed by atoms with Gasteiger partial charge in [-0.1, -0.05) is 49.2 Å². The largest absolute Gasteiger partial charge is 0.329 e. The first-order valence-electron chi connectivity index (χ1n) is 7.29. The van der Waals surface area contributed by atoms with Crippen LogP contribution in [0, 0.1) is 12.3 Å². The third-order valence-electron chi connectivity index (χ3n) is 3.79. The van der Waals surface area contributed by atoms with E-state index in [4.69, 9.17) is 6.42 Å². The van der Waals surface area contributed by atoms with Crippen LogP contribution in [-0.2, 0) is 5.54 Å². The minimum atomic E-state index is -0.422. The van der Waals surface area contributed by atoms with Crippen LogP contribution in [0.2, 0.25) is 0 Å². The lowest BCUT2D eigenvalue weighted by molar-refractivity contribution is 0.238. The Morgan fingerprint density at radius 3 is 2.55 bits per heavy atom. The number of hydrogen-bond donors (Lipinski definition) is 2. The first-order chi connectivity index (χ1) is 10.6. The number of urea groups is 1. The Bertz CT molecular complexity index is 688. The first-order valence-corrected chi connectivity index (χ1v) is 7.29. The summed E-state index contributed by atoms with van der Waals surface area (Å²) in [4.78, 5) is 12.3. The van der Waals surface area contributed by atoms with Crippen molar-refractivity contribution in [1.82, 2.24) is 5.32 Å². The molecular weight excluding hydrogens is 272 g/mol. The van der Waals surface area contributed by atoms with E-state index in [1.54, 1.807) is 6.07 Å². The van der Waals surface area contributed by atoms with E-state index in [1.165, 1.54) is 0 Å². The standard InChI is InChI=1S/C19H20N2O/c1-4-15-10-9-13-17(14-15)20-18(22)21-19(3,5-2)16-11-7-6-8-12-16/h1,6-14H,5H2,2-3H3,(H2,20,21,22). The van der Waals surface area contributed by atoms with Crippen LogP contribution in [0.4, 0.5) is 10.5 Å². The monoisotopic (exact) mass is 292 g/mol. The van der Waals surface area contributed by atoms with Crippen LogP contribution < -0.4 is 10.6 Å². The smallest absolute Gasteiger partial charge is 0.319 e. The molecule has 0 saturated heterocycles. The molecule has 0 heterocycles. The molecule has 3 heteroatoms. The third-order valence-corrected chi connectivity index (χ3v) is 3.79. The minimum Gasteiger partial charge on any atom is -0.329 e. The van der Waals surface area contributed by atoms with Crippen molar-refractivity contribution in [2.24, 2.45) is 0 Å². The van der Waals surface area contributed by atoms with Gasteiger partial charge in [0.1, 0.15) is 0 Å². The molecule has 1 atom stereocenters. The number of benzene rings is 2. The molecule has 2 aromatic carbocycles. The van der Waals surface area contributed by atoms with Gasteiger partial charge in [0.15, 0.2) is 0 Å². The topological polar surface area (TPSA) is 41.1 Å². The van der Waals surface area contributed by atoms with Gasteiger partial charge in [-0.15, -0.1) is 6.42 Å². The molecule has 2 amide bonds. The fourth-order valence-corrected chi connectivity index (χ4v) is 2.27. The molecule has 0 bridgehead atoms. The molecule has 2 aromatic rings. The number of hydrogen-bond acceptors (Lipinski definition) is 1. The van der Waals surface area contributed by atoms with Gasteiger partial charge in [-0.2, -0.15) is 0 Å². The summed E-state index contributed by atoms with van der Waals surface area (Å²) in [5.74, 6) is 2.55. The summed E-state index contributed by atoms with van der Waals surface area (Å²) in [5, 5.41) is 5.87. The zero-order valence-corrected chi connectivity index (χ0v) is 12.9. The summed E-state index contributed by atoms with van der Waals surface area (Å²) in [6.07, 6.45) is 6.16. The predicted molar refractivity (Wildman–Crippen MR) is 90.6 cm³/mol. The Kier molecular flexibility index (Phi) is 4.85. The van der Waals surface area contributed by atoms with Crippen molar-refractivity contribution in [2.45, 2.75) is 25.8 Å². The average Bonchev–Trinajstić information content (AvgIpc) is 2.55. The Morgan fingerprint density at radius 1 is 1.18 bits per heavy atom. The molecular formula is C19H20N2O. The van der Waals surface area contributed by atoms with Crippen molar-refractivity contribution in [3.8, 4) is 12.3 Å². The second-order valence-electron chi connectivity index (χ2n) is 5.36. The van der Waals surface area contributed by atoms with Crippen LogP contribution in [0.3, 0.4) is 0 Å². The highest BCUT2D eigenvalue weighted by atomic mass is 16.2. The van der Waals surface area contributed by atoms with Crippen molar-refractivity contribution >= 4 is 11.7 Å². The van der Waals surface area contributed by atoms with Gasteiger partial charge in [0.05, 0.1) is 5.54 Å². The summed E-state index contributed by atoms with van der Waals surface area (Å²) in [6, 6.07) is 16.9. The Labute approximate surface area is 131 Å². The zero-order valence-electron chi connectivity index (χ0n) is 12.9. The van der Waals surface area contributed by atoms with E-state index in [-0.39, 0.29) is 6.03 Å². The maximum Gasteiger partial charge on any atom is 0.319 e. The highest BCUT2D eigenvalue weighted by Gasteiger charge is 2.26. The lowest BCUT2D eigenvalue weighted by Gasteiger charge is -2.30. The lowest BCUT2D eigenvalue weighted by atomic mass is 9.89. The highest BCUT2D eigenvalue weighted by molar-refractivity contribution is 5.90. The Hall–Kier alpha value is -2.73. The van der Waals surface area contributed by atoms with Gasteiger partial charge in [0.2, 0.25) is 0 Å². The Balaban J connectivity index is 2.11. The molecule has 1 unspecified atom stereocenters. The van der Waals surface area contributed by atoms with Crippen LogP contribution in [0.25, 0.3) is 0 Å². The van der Waals surface area contributed by atoms with Crippen molar-refractivity contribution in [1.29, 1.82) is 0 Å². The van der Waals surface area contributed by atoms with Gasteiger partial charge in [0.25, 0.3) is 0 Å². The van der Waals surface area contributed by atoms with E-state index < -0.39 is 5.54 Å². The van der Waals surface area contributed by atoms with E-state index in [0.717, 1.165) is 17.5 Å². The summed E-state index contributed by atoms with van der Waals surface area (Å²) in [6.45, 7) is 4.06. The molecule has 0 radical (unpaired) electrons. The second kappa shape index (κ2) is 6.82. The molecule has 22 heavy (non-hydrogen) atoms. The van der Waals surface area contributed by atoms with Gasteiger partial charge < -0.3 is 10.6 Å². The van der Waals surface area contributed by atoms with Crippen molar-refractivity contribution < 1.29 is 4.79 Å². The zero-order chi connectivity index (χ0) is 16.0. The number of carbonyl (C=O) groups excluding carboxylic acids is 1. The molecule has 0 aliphatic rings. The van der Waals surface area contributed by atoms with Crippen molar-refractivity contribution in [2.75, 3.05) is 5.32 Å². The molecule has 2 N–H and O–H groups in total. The first kappa shape index (κ1) is 15.7. The number of anilines is 1. The van der Waals surface area contributed by atoms with Gasteiger partial charge in [-0.05, 0) is 37.1 Å². The highest BCUT2D eigenvalue weighted by Crippen LogP contribution is 2.24. The maximum absolute atomic E-state index is 12.3. The van der Waals surface area contributed by atoms with Crippen LogP contribution in [0.15, 0.2) is 54.6 Å². The van der Waals surface area contributed by atoms with Crippen LogP contribution >= 0.6 is 0 Å². The van der Waals surface area contributed by atoms with E-state index in [2.05, 4.69) is 16.6 Å². The SMILES string of the molecule is C#Cc1cccc(NC(=O)NC(C)(CC)c2ccccc2)c1. The number of carbonyl (C=O) groups is 1. The Morgan fingerprint density at radius 2 is 1.91 bits per heavy atom. The van der Waals surface area contributed by atoms with E-state index >= 15 is 0 Å². The summed E-state index contributed by atoms with van der Waals surface area (Å²) < 4.78 is 0. The molecule has 0 spiro atoms. The number of rotatable bonds is 4. The van der Waals surface area contributed by atoms with Crippen LogP contribution in [0.5, 0.6) is 0 Å². The maximum atomic E-state index is 12.3. The number of amides is 2. The predicted octanol–water partition coefficient (Wildman–Crippen LogP) is 4.11. The third kappa shape index (κ3) is 3.67. The van der Waals surface area contributed by atoms with Crippen molar-refractivity contribution in [3.05, 3.63) is 65.7 Å². The fourth-order valence-electron chi connectivity index (χ4n) is 2.27. The summed E-state index contributed by atoms with van der Waals surface area (Å²) in [5.41, 5.74) is 2.07. The van der Waals surface area contributed by atoms with Crippen LogP contribution in [0.1, 0.15) is 31.4 Å². The van der Waals surface area contributed by atoms with Crippen molar-refractivity contribution in [3.63, 3.8) is 0 Å². The minimum absolute atomic E-state index is 0.248. The molecule has 112 valence electrons. The van der Waals surface area contributed by atoms with Gasteiger partial charge >= 0.3 is 6.03 Å². The fraction of sp³-hybridized carbons (Fsp3) is 0.211. The second-order valence-corrected chi connectivity index (χ2v) is 5.36. The number of terminal acetylenes is 1. The molecule has 0 aliphatic carbocycles. The molecule has 0 saturated carbocycles. The average molecular weight is 292 g/mol. The van der Waals surface area contributed by atoms with Gasteiger partial charge in [0, 0.05) is 11.3 Å². The van der Waals surface area contributed by atoms with Crippen LogP contribution in [-0.4, -0.2) is 6.03 Å². The summed E-state index contributed by atoms with van der Waals surface area (Å²) >= 11 is 0. The van der Waals surface area contributed by atoms with Gasteiger partial charge in [-0.3, -0.25) is 0 Å². The van der Waals surface area contributed by atoms with E-state index in [1.807, 2.05) is 62.4 Å². The molecule has 3 nitrogen and oxygen atoms in total. The number of nitrogens with one attached hydrogen (secondary N) is 2. The molecule has 0 fully saturated rings. The van der Waals surface area contributed by atoms with E-state index in [0.29, 0.717) is 5.69 Å². The quantitative estimate of drug-likeness (QED) is 0.818. The van der Waals surface area contributed by atoms with E-state index in [9.17, 15) is 4.79 Å². The normalized spacial score (nSPS) is 12.8. The lowest BCUT2D eigenvalue weighted by Crippen LogP contribution is -2.45. The summed E-state index contributed by atoms with van der Waals surface area (Å²) in [7, 11) is 0. The molecule has 0 aromatic heterocycles. The van der Waals surface area contributed by atoms with Gasteiger partial charge in [-0.25, -0.2) is 4.79 Å². The molecule has 0 aliphatic heterocycles.